The molecule has 3 nitrogen and oxygen atoms in total. The zero-order valence-corrected chi connectivity index (χ0v) is 7.42. The largest absolute Gasteiger partial charge is 0.481 e. The Morgan fingerprint density at radius 2 is 2.50 bits per heavy atom. The predicted octanol–water partition coefficient (Wildman–Crippen LogP) is 1.11. The van der Waals surface area contributed by atoms with Crippen LogP contribution in [0.2, 0.25) is 0 Å². The van der Waals surface area contributed by atoms with Gasteiger partial charge in [-0.05, 0) is 13.3 Å². The third-order valence-corrected chi connectivity index (χ3v) is 2.05. The molecule has 0 aromatic heterocycles. The molecule has 0 atom stereocenters. The van der Waals surface area contributed by atoms with Crippen LogP contribution >= 0.6 is 0 Å². The van der Waals surface area contributed by atoms with Gasteiger partial charge in [-0.1, -0.05) is 11.6 Å². The second-order valence-corrected chi connectivity index (χ2v) is 3.26. The molecule has 1 heterocycles. The molecule has 0 saturated heterocycles. The van der Waals surface area contributed by atoms with Crippen LogP contribution in [0.1, 0.15) is 19.8 Å². The molecule has 0 aliphatic carbocycles. The van der Waals surface area contributed by atoms with Crippen LogP contribution in [0, 0.1) is 0 Å². The molecule has 1 rings (SSSR count). The molecule has 0 spiro atoms. The average molecular weight is 169 g/mol. The predicted molar refractivity (Wildman–Crippen MR) is 47.1 cm³/mol. The second kappa shape index (κ2) is 4.26. The monoisotopic (exact) mass is 169 g/mol. The smallest absolute Gasteiger partial charge is 0.304 e. The zero-order valence-electron chi connectivity index (χ0n) is 7.42. The Labute approximate surface area is 72.7 Å². The summed E-state index contributed by atoms with van der Waals surface area (Å²) in [6.07, 6.45) is 3.54. The lowest BCUT2D eigenvalue weighted by molar-refractivity contribution is -0.137. The third kappa shape index (κ3) is 3.05. The van der Waals surface area contributed by atoms with Crippen LogP contribution in [0.3, 0.4) is 0 Å². The number of rotatable bonds is 3. The van der Waals surface area contributed by atoms with E-state index in [4.69, 9.17) is 5.11 Å². The first-order chi connectivity index (χ1) is 5.68. The highest BCUT2D eigenvalue weighted by Crippen LogP contribution is 2.08. The van der Waals surface area contributed by atoms with Crippen molar-refractivity contribution in [3.63, 3.8) is 0 Å². The Hall–Kier alpha value is -0.830. The number of carboxylic acid groups (broad SMARTS) is 1. The maximum Gasteiger partial charge on any atom is 0.304 e. The number of nitrogens with zero attached hydrogens (tertiary/aromatic N) is 1. The Balaban J connectivity index is 2.26. The van der Waals surface area contributed by atoms with E-state index in [9.17, 15) is 4.79 Å². The first-order valence-electron chi connectivity index (χ1n) is 4.28. The van der Waals surface area contributed by atoms with Crippen molar-refractivity contribution >= 4 is 5.97 Å². The van der Waals surface area contributed by atoms with Gasteiger partial charge in [-0.2, -0.15) is 0 Å². The molecule has 1 aliphatic rings. The minimum atomic E-state index is -0.706. The summed E-state index contributed by atoms with van der Waals surface area (Å²) in [7, 11) is 0. The van der Waals surface area contributed by atoms with Gasteiger partial charge in [0.1, 0.15) is 0 Å². The van der Waals surface area contributed by atoms with E-state index in [1.165, 1.54) is 5.57 Å². The molecule has 0 aromatic rings. The standard InChI is InChI=1S/C9H15NO2/c1-8-3-2-5-10(7-8)6-4-9(11)12/h3H,2,4-7H2,1H3,(H,11,12). The average Bonchev–Trinajstić information content (AvgIpc) is 2.01. The summed E-state index contributed by atoms with van der Waals surface area (Å²) in [6, 6.07) is 0. The lowest BCUT2D eigenvalue weighted by Gasteiger charge is -2.24. The fourth-order valence-corrected chi connectivity index (χ4v) is 1.43. The molecule has 1 N–H and O–H groups in total. The van der Waals surface area contributed by atoms with Gasteiger partial charge in [0.2, 0.25) is 0 Å². The van der Waals surface area contributed by atoms with Gasteiger partial charge in [0, 0.05) is 19.6 Å². The highest BCUT2D eigenvalue weighted by atomic mass is 16.4. The van der Waals surface area contributed by atoms with Crippen molar-refractivity contribution in [1.82, 2.24) is 4.90 Å². The molecule has 68 valence electrons. The molecule has 0 saturated carbocycles. The van der Waals surface area contributed by atoms with E-state index in [2.05, 4.69) is 17.9 Å². The van der Waals surface area contributed by atoms with E-state index in [1.54, 1.807) is 0 Å². The lowest BCUT2D eigenvalue weighted by atomic mass is 10.1. The SMILES string of the molecule is CC1=CCCN(CCC(=O)O)C1. The van der Waals surface area contributed by atoms with Crippen LogP contribution in [0.15, 0.2) is 11.6 Å². The minimum Gasteiger partial charge on any atom is -0.481 e. The Morgan fingerprint density at radius 1 is 1.75 bits per heavy atom. The van der Waals surface area contributed by atoms with Gasteiger partial charge in [0.15, 0.2) is 0 Å². The van der Waals surface area contributed by atoms with E-state index in [0.29, 0.717) is 6.54 Å². The van der Waals surface area contributed by atoms with Gasteiger partial charge in [-0.15, -0.1) is 0 Å². The molecule has 3 heteroatoms. The highest BCUT2D eigenvalue weighted by molar-refractivity contribution is 5.66. The Kier molecular flexibility index (Phi) is 3.29. The van der Waals surface area contributed by atoms with Crippen LogP contribution < -0.4 is 0 Å². The first-order valence-corrected chi connectivity index (χ1v) is 4.28. The summed E-state index contributed by atoms with van der Waals surface area (Å²) in [4.78, 5) is 12.5. The number of aliphatic carboxylic acids is 1. The van der Waals surface area contributed by atoms with Crippen LogP contribution in [0.25, 0.3) is 0 Å². The van der Waals surface area contributed by atoms with Gasteiger partial charge in [-0.3, -0.25) is 9.69 Å². The summed E-state index contributed by atoms with van der Waals surface area (Å²) >= 11 is 0. The molecular weight excluding hydrogens is 154 g/mol. The van der Waals surface area contributed by atoms with E-state index in [-0.39, 0.29) is 6.42 Å². The lowest BCUT2D eigenvalue weighted by Crippen LogP contribution is -2.31. The molecule has 0 bridgehead atoms. The molecule has 12 heavy (non-hydrogen) atoms. The van der Waals surface area contributed by atoms with E-state index >= 15 is 0 Å². The molecular formula is C9H15NO2. The summed E-state index contributed by atoms with van der Waals surface area (Å²) in [5.74, 6) is -0.706. The molecule has 1 aliphatic heterocycles. The van der Waals surface area contributed by atoms with Crippen LogP contribution in [0.4, 0.5) is 0 Å². The summed E-state index contributed by atoms with van der Waals surface area (Å²) in [5.41, 5.74) is 1.35. The van der Waals surface area contributed by atoms with Gasteiger partial charge in [0.25, 0.3) is 0 Å². The summed E-state index contributed by atoms with van der Waals surface area (Å²) in [5, 5.41) is 8.47. The van der Waals surface area contributed by atoms with Gasteiger partial charge < -0.3 is 5.11 Å². The number of carboxylic acids is 1. The van der Waals surface area contributed by atoms with Gasteiger partial charge >= 0.3 is 5.97 Å². The second-order valence-electron chi connectivity index (χ2n) is 3.26. The number of hydrogen-bond acceptors (Lipinski definition) is 2. The van der Waals surface area contributed by atoms with E-state index < -0.39 is 5.97 Å². The van der Waals surface area contributed by atoms with E-state index in [1.807, 2.05) is 0 Å². The fourth-order valence-electron chi connectivity index (χ4n) is 1.43. The van der Waals surface area contributed by atoms with Crippen molar-refractivity contribution in [2.24, 2.45) is 0 Å². The Bertz CT molecular complexity index is 199. The number of carbonyl (C=O) groups is 1. The molecule has 0 fully saturated rings. The topological polar surface area (TPSA) is 40.5 Å². The summed E-state index contributed by atoms with van der Waals surface area (Å²) in [6.45, 7) is 4.71. The molecule has 0 radical (unpaired) electrons. The molecule has 0 aromatic carbocycles. The van der Waals surface area contributed by atoms with Crippen molar-refractivity contribution in [2.75, 3.05) is 19.6 Å². The van der Waals surface area contributed by atoms with E-state index in [0.717, 1.165) is 19.5 Å². The summed E-state index contributed by atoms with van der Waals surface area (Å²) < 4.78 is 0. The molecule has 0 unspecified atom stereocenters. The van der Waals surface area contributed by atoms with Gasteiger partial charge in [-0.25, -0.2) is 0 Å². The van der Waals surface area contributed by atoms with Crippen LogP contribution in [-0.2, 0) is 4.79 Å². The van der Waals surface area contributed by atoms with Crippen molar-refractivity contribution in [2.45, 2.75) is 19.8 Å². The van der Waals surface area contributed by atoms with Crippen molar-refractivity contribution < 1.29 is 9.90 Å². The third-order valence-electron chi connectivity index (χ3n) is 2.05. The fraction of sp³-hybridized carbons (Fsp3) is 0.667. The van der Waals surface area contributed by atoms with Crippen molar-refractivity contribution in [3.8, 4) is 0 Å². The van der Waals surface area contributed by atoms with Gasteiger partial charge in [0.05, 0.1) is 6.42 Å². The first kappa shape index (κ1) is 9.26. The normalized spacial score (nSPS) is 18.9. The van der Waals surface area contributed by atoms with Crippen LogP contribution in [-0.4, -0.2) is 35.6 Å². The number of hydrogen-bond donors (Lipinski definition) is 1. The maximum absolute atomic E-state index is 10.3. The maximum atomic E-state index is 10.3. The highest BCUT2D eigenvalue weighted by Gasteiger charge is 2.10. The van der Waals surface area contributed by atoms with Crippen molar-refractivity contribution in [3.05, 3.63) is 11.6 Å². The van der Waals surface area contributed by atoms with Crippen LogP contribution in [0.5, 0.6) is 0 Å². The molecule has 0 amide bonds. The van der Waals surface area contributed by atoms with Crippen molar-refractivity contribution in [1.29, 1.82) is 0 Å². The minimum absolute atomic E-state index is 0.257. The zero-order chi connectivity index (χ0) is 8.97. The Morgan fingerprint density at radius 3 is 3.08 bits per heavy atom. The quantitative estimate of drug-likeness (QED) is 0.643.